The summed E-state index contributed by atoms with van der Waals surface area (Å²) in [6.45, 7) is 6.82. The van der Waals surface area contributed by atoms with E-state index in [-0.39, 0.29) is 11.8 Å². The number of rotatable bonds is 5. The lowest BCUT2D eigenvalue weighted by Gasteiger charge is -2.42. The van der Waals surface area contributed by atoms with Gasteiger partial charge in [0, 0.05) is 60.1 Å². The molecule has 2 atom stereocenters. The molecule has 0 radical (unpaired) electrons. The number of hydrogen-bond acceptors (Lipinski definition) is 4. The van der Waals surface area contributed by atoms with Crippen molar-refractivity contribution >= 4 is 33.0 Å². The van der Waals surface area contributed by atoms with Gasteiger partial charge in [-0.15, -0.1) is 11.3 Å². The molecule has 5 rings (SSSR count). The lowest BCUT2D eigenvalue weighted by Crippen LogP contribution is -2.52. The van der Waals surface area contributed by atoms with Crippen molar-refractivity contribution in [2.75, 3.05) is 37.6 Å². The van der Waals surface area contributed by atoms with E-state index in [1.54, 1.807) is 6.07 Å². The summed E-state index contributed by atoms with van der Waals surface area (Å²) in [6, 6.07) is 4.42. The molecule has 1 aliphatic heterocycles. The maximum atomic E-state index is 13.0. The summed E-state index contributed by atoms with van der Waals surface area (Å²) in [5, 5.41) is 6.22. The van der Waals surface area contributed by atoms with E-state index in [4.69, 9.17) is 0 Å². The SMILES string of the molecule is CC1CCC(NC(=O)[C@@H]2CC[C@H]2CN2CCN(c3csc4cc(C(F)(F)F)ccc34)CC2)CC1. The third-order valence-corrected chi connectivity index (χ3v) is 9.14. The topological polar surface area (TPSA) is 35.6 Å². The van der Waals surface area contributed by atoms with E-state index in [0.29, 0.717) is 16.7 Å². The van der Waals surface area contributed by atoms with Crippen molar-refractivity contribution in [3.05, 3.63) is 29.1 Å². The zero-order valence-electron chi connectivity index (χ0n) is 19.7. The Kier molecular flexibility index (Phi) is 6.81. The van der Waals surface area contributed by atoms with Gasteiger partial charge in [-0.2, -0.15) is 13.2 Å². The van der Waals surface area contributed by atoms with Crippen molar-refractivity contribution in [2.45, 2.75) is 57.7 Å². The molecule has 8 heteroatoms. The van der Waals surface area contributed by atoms with E-state index < -0.39 is 11.7 Å². The predicted octanol–water partition coefficient (Wildman–Crippen LogP) is 5.76. The highest BCUT2D eigenvalue weighted by molar-refractivity contribution is 7.17. The molecule has 2 saturated carbocycles. The van der Waals surface area contributed by atoms with Crippen molar-refractivity contribution in [1.82, 2.24) is 10.2 Å². The van der Waals surface area contributed by atoms with Crippen LogP contribution in [0.4, 0.5) is 18.9 Å². The number of alkyl halides is 3. The maximum Gasteiger partial charge on any atom is 0.416 e. The first-order valence-corrected chi connectivity index (χ1v) is 13.5. The van der Waals surface area contributed by atoms with E-state index in [9.17, 15) is 18.0 Å². The van der Waals surface area contributed by atoms with Gasteiger partial charge in [-0.3, -0.25) is 9.69 Å². The molecule has 1 aromatic carbocycles. The summed E-state index contributed by atoms with van der Waals surface area (Å²) in [6.07, 6.45) is 2.47. The van der Waals surface area contributed by atoms with Crippen LogP contribution >= 0.6 is 11.3 Å². The largest absolute Gasteiger partial charge is 0.416 e. The smallest absolute Gasteiger partial charge is 0.368 e. The molecule has 1 amide bonds. The number of piperazine rings is 1. The number of anilines is 1. The highest BCUT2D eigenvalue weighted by Crippen LogP contribution is 2.39. The van der Waals surface area contributed by atoms with Crippen LogP contribution in [0.25, 0.3) is 10.1 Å². The fraction of sp³-hybridized carbons (Fsp3) is 0.654. The van der Waals surface area contributed by atoms with Gasteiger partial charge in [-0.25, -0.2) is 0 Å². The van der Waals surface area contributed by atoms with Gasteiger partial charge < -0.3 is 10.2 Å². The third kappa shape index (κ3) is 5.08. The zero-order valence-corrected chi connectivity index (χ0v) is 20.6. The van der Waals surface area contributed by atoms with Gasteiger partial charge >= 0.3 is 6.18 Å². The van der Waals surface area contributed by atoms with Gasteiger partial charge in [-0.1, -0.05) is 13.0 Å². The normalized spacial score (nSPS) is 28.6. The van der Waals surface area contributed by atoms with Crippen LogP contribution in [-0.4, -0.2) is 49.6 Å². The number of thiophene rings is 1. The minimum absolute atomic E-state index is 0.154. The quantitative estimate of drug-likeness (QED) is 0.575. The highest BCUT2D eigenvalue weighted by Gasteiger charge is 2.39. The molecular weight excluding hydrogens is 459 g/mol. The van der Waals surface area contributed by atoms with Gasteiger partial charge in [-0.05, 0) is 62.5 Å². The second kappa shape index (κ2) is 9.69. The van der Waals surface area contributed by atoms with E-state index in [2.05, 4.69) is 22.0 Å². The molecule has 2 aliphatic carbocycles. The Hall–Kier alpha value is -1.80. The molecule has 2 heterocycles. The fourth-order valence-corrected chi connectivity index (χ4v) is 6.79. The van der Waals surface area contributed by atoms with Gasteiger partial charge in [0.25, 0.3) is 0 Å². The molecule has 0 bridgehead atoms. The molecule has 2 aromatic rings. The van der Waals surface area contributed by atoms with Crippen LogP contribution in [-0.2, 0) is 11.0 Å². The minimum Gasteiger partial charge on any atom is -0.368 e. The summed E-state index contributed by atoms with van der Waals surface area (Å²) < 4.78 is 39.8. The number of carbonyl (C=O) groups excluding carboxylic acids is 1. The van der Waals surface area contributed by atoms with Crippen LogP contribution in [0.15, 0.2) is 23.6 Å². The highest BCUT2D eigenvalue weighted by atomic mass is 32.1. The number of benzene rings is 1. The lowest BCUT2D eigenvalue weighted by molar-refractivity contribution is -0.137. The van der Waals surface area contributed by atoms with Crippen molar-refractivity contribution in [3.63, 3.8) is 0 Å². The first-order valence-electron chi connectivity index (χ1n) is 12.6. The Balaban J connectivity index is 1.12. The van der Waals surface area contributed by atoms with Crippen molar-refractivity contribution in [2.24, 2.45) is 17.8 Å². The Bertz CT molecular complexity index is 1010. The molecular formula is C26H34F3N3OS. The third-order valence-electron chi connectivity index (χ3n) is 8.20. The van der Waals surface area contributed by atoms with Gasteiger partial charge in [0.2, 0.25) is 5.91 Å². The van der Waals surface area contributed by atoms with Crippen LogP contribution < -0.4 is 10.2 Å². The first-order chi connectivity index (χ1) is 16.3. The number of amides is 1. The van der Waals surface area contributed by atoms with Crippen molar-refractivity contribution < 1.29 is 18.0 Å². The molecule has 3 fully saturated rings. The standard InChI is InChI=1S/C26H34F3N3OS/c1-17-2-6-20(7-3-17)30-25(33)21-8-4-18(21)15-31-10-12-32(13-11-31)23-16-34-24-14-19(26(27,28)29)5-9-22(23)24/h5,9,14,16-18,20-21H,2-4,6-8,10-13,15H2,1H3,(H,30,33)/t17?,18-,20?,21+/m0/s1. The Morgan fingerprint density at radius 2 is 1.79 bits per heavy atom. The zero-order chi connectivity index (χ0) is 23.9. The van der Waals surface area contributed by atoms with Crippen LogP contribution in [0.3, 0.4) is 0 Å². The Morgan fingerprint density at radius 3 is 2.44 bits per heavy atom. The van der Waals surface area contributed by atoms with Crippen LogP contribution in [0.1, 0.15) is 51.0 Å². The van der Waals surface area contributed by atoms with Crippen molar-refractivity contribution in [3.8, 4) is 0 Å². The summed E-state index contributed by atoms with van der Waals surface area (Å²) in [4.78, 5) is 17.6. The number of halogens is 3. The average Bonchev–Trinajstić information content (AvgIpc) is 3.21. The summed E-state index contributed by atoms with van der Waals surface area (Å²) in [5.41, 5.74) is 0.450. The van der Waals surface area contributed by atoms with E-state index in [0.717, 1.165) is 75.4 Å². The fourth-order valence-electron chi connectivity index (χ4n) is 5.78. The van der Waals surface area contributed by atoms with Gasteiger partial charge in [0.1, 0.15) is 0 Å². The number of carbonyl (C=O) groups is 1. The molecule has 1 aromatic heterocycles. The van der Waals surface area contributed by atoms with Crippen molar-refractivity contribution in [1.29, 1.82) is 0 Å². The van der Waals surface area contributed by atoms with Gasteiger partial charge in [0.05, 0.1) is 11.3 Å². The van der Waals surface area contributed by atoms with Crippen LogP contribution in [0.2, 0.25) is 0 Å². The van der Waals surface area contributed by atoms with E-state index >= 15 is 0 Å². The monoisotopic (exact) mass is 493 g/mol. The number of hydrogen-bond donors (Lipinski definition) is 1. The van der Waals surface area contributed by atoms with Crippen LogP contribution in [0.5, 0.6) is 0 Å². The maximum absolute atomic E-state index is 13.0. The number of nitrogens with zero attached hydrogens (tertiary/aromatic N) is 2. The summed E-state index contributed by atoms with van der Waals surface area (Å²) in [5.74, 6) is 1.64. The Labute approximate surface area is 203 Å². The second-order valence-electron chi connectivity index (χ2n) is 10.5. The molecule has 1 saturated heterocycles. The first kappa shape index (κ1) is 23.9. The molecule has 0 unspecified atom stereocenters. The molecule has 186 valence electrons. The molecule has 34 heavy (non-hydrogen) atoms. The van der Waals surface area contributed by atoms with Gasteiger partial charge in [0.15, 0.2) is 0 Å². The van der Waals surface area contributed by atoms with Crippen LogP contribution in [0, 0.1) is 17.8 Å². The van der Waals surface area contributed by atoms with E-state index in [1.807, 2.05) is 5.38 Å². The average molecular weight is 494 g/mol. The number of nitrogens with one attached hydrogen (secondary N) is 1. The molecule has 0 spiro atoms. The number of fused-ring (bicyclic) bond motifs is 1. The lowest BCUT2D eigenvalue weighted by atomic mass is 9.72. The predicted molar refractivity (Wildman–Crippen MR) is 131 cm³/mol. The molecule has 3 aliphatic rings. The second-order valence-corrected chi connectivity index (χ2v) is 11.4. The Morgan fingerprint density at radius 1 is 1.06 bits per heavy atom. The summed E-state index contributed by atoms with van der Waals surface area (Å²) in [7, 11) is 0. The summed E-state index contributed by atoms with van der Waals surface area (Å²) >= 11 is 1.38. The molecule has 1 N–H and O–H groups in total. The van der Waals surface area contributed by atoms with E-state index in [1.165, 1.54) is 36.3 Å². The molecule has 4 nitrogen and oxygen atoms in total. The minimum atomic E-state index is -4.31.